The van der Waals surface area contributed by atoms with Crippen LogP contribution in [0.25, 0.3) is 12.2 Å². The van der Waals surface area contributed by atoms with Gasteiger partial charge in [0.15, 0.2) is 0 Å². The van der Waals surface area contributed by atoms with Gasteiger partial charge in [-0.1, -0.05) is 95.4 Å². The van der Waals surface area contributed by atoms with Gasteiger partial charge in [0.05, 0.1) is 15.6 Å². The Morgan fingerprint density at radius 3 is 1.88 bits per heavy atom. The lowest BCUT2D eigenvalue weighted by Gasteiger charge is -2.29. The van der Waals surface area contributed by atoms with Crippen molar-refractivity contribution in [2.45, 2.75) is 101 Å². The molecule has 1 aromatic heterocycles. The minimum absolute atomic E-state index is 0.674. The van der Waals surface area contributed by atoms with E-state index >= 15 is 0 Å². The van der Waals surface area contributed by atoms with Crippen LogP contribution in [-0.4, -0.2) is 12.3 Å². The van der Waals surface area contributed by atoms with E-state index in [4.69, 9.17) is 4.98 Å². The third-order valence-electron chi connectivity index (χ3n) is 6.66. The van der Waals surface area contributed by atoms with Crippen molar-refractivity contribution in [1.82, 2.24) is 4.98 Å². The Morgan fingerprint density at radius 2 is 1.35 bits per heavy atom. The van der Waals surface area contributed by atoms with Crippen LogP contribution in [0.2, 0.25) is 11.6 Å². The van der Waals surface area contributed by atoms with E-state index in [0.29, 0.717) is 5.92 Å². The van der Waals surface area contributed by atoms with Gasteiger partial charge in [0.2, 0.25) is 0 Å². The average molecular weight is 369 g/mol. The third kappa shape index (κ3) is 5.58. The highest BCUT2D eigenvalue weighted by Gasteiger charge is 2.27. The number of hydrogen-bond donors (Lipinski definition) is 0. The van der Waals surface area contributed by atoms with Crippen molar-refractivity contribution in [3.8, 4) is 0 Å². The topological polar surface area (TPSA) is 12.9 Å². The molecule has 0 aliphatic heterocycles. The molecule has 3 rings (SSSR count). The van der Waals surface area contributed by atoms with Crippen molar-refractivity contribution in [2.24, 2.45) is 0 Å². The summed E-state index contributed by atoms with van der Waals surface area (Å²) in [4.78, 5) is 6.03. The standard InChI is InChI=1S/C23H36BNS/c1-3-21-22(4-2)26-23(25-21)18-14-16-20(17-15-18)24-19-12-10-8-6-5-7-9-11-13-19/h3-4,18-20,24H,1-2,5-17H2. The maximum absolute atomic E-state index is 4.84. The highest BCUT2D eigenvalue weighted by molar-refractivity contribution is 7.12. The lowest BCUT2D eigenvalue weighted by Crippen LogP contribution is -2.18. The molecule has 2 saturated carbocycles. The predicted molar refractivity (Wildman–Crippen MR) is 120 cm³/mol. The summed E-state index contributed by atoms with van der Waals surface area (Å²) in [6.45, 7) is 7.82. The zero-order valence-electron chi connectivity index (χ0n) is 16.6. The third-order valence-corrected chi connectivity index (χ3v) is 7.89. The highest BCUT2D eigenvalue weighted by atomic mass is 32.1. The second-order valence-electron chi connectivity index (χ2n) is 8.58. The molecule has 1 heterocycles. The van der Waals surface area contributed by atoms with Crippen molar-refractivity contribution in [1.29, 1.82) is 0 Å². The fourth-order valence-electron chi connectivity index (χ4n) is 5.08. The number of aromatic nitrogens is 1. The Labute approximate surface area is 165 Å². The first-order valence-corrected chi connectivity index (χ1v) is 11.9. The van der Waals surface area contributed by atoms with Crippen LogP contribution in [0.5, 0.6) is 0 Å². The molecule has 26 heavy (non-hydrogen) atoms. The molecule has 1 aromatic rings. The van der Waals surface area contributed by atoms with Gasteiger partial charge in [0, 0.05) is 5.92 Å². The summed E-state index contributed by atoms with van der Waals surface area (Å²) < 4.78 is 0. The summed E-state index contributed by atoms with van der Waals surface area (Å²) in [5.41, 5.74) is 1.03. The number of hydrogen-bond acceptors (Lipinski definition) is 2. The Balaban J connectivity index is 1.48. The second kappa shape index (κ2) is 10.5. The van der Waals surface area contributed by atoms with E-state index in [9.17, 15) is 0 Å². The molecule has 1 nitrogen and oxygen atoms in total. The zero-order valence-corrected chi connectivity index (χ0v) is 17.4. The van der Waals surface area contributed by atoms with Gasteiger partial charge in [-0.25, -0.2) is 4.98 Å². The van der Waals surface area contributed by atoms with Crippen LogP contribution < -0.4 is 0 Å². The molecule has 2 fully saturated rings. The van der Waals surface area contributed by atoms with Gasteiger partial charge in [0.25, 0.3) is 0 Å². The van der Waals surface area contributed by atoms with Crippen LogP contribution in [0.4, 0.5) is 0 Å². The maximum atomic E-state index is 4.84. The van der Waals surface area contributed by atoms with Crippen molar-refractivity contribution in [2.75, 3.05) is 0 Å². The fourth-order valence-corrected chi connectivity index (χ4v) is 6.16. The van der Waals surface area contributed by atoms with Gasteiger partial charge in [-0.15, -0.1) is 11.3 Å². The molecule has 0 unspecified atom stereocenters. The summed E-state index contributed by atoms with van der Waals surface area (Å²) in [6.07, 6.45) is 22.6. The molecule has 0 bridgehead atoms. The Hall–Kier alpha value is -0.825. The van der Waals surface area contributed by atoms with E-state index in [1.165, 1.54) is 101 Å². The molecule has 0 amide bonds. The van der Waals surface area contributed by atoms with Crippen LogP contribution in [0.3, 0.4) is 0 Å². The van der Waals surface area contributed by atoms with Crippen LogP contribution in [0, 0.1) is 0 Å². The minimum Gasteiger partial charge on any atom is -0.241 e. The minimum atomic E-state index is 0.674. The summed E-state index contributed by atoms with van der Waals surface area (Å²) >= 11 is 1.84. The van der Waals surface area contributed by atoms with E-state index in [2.05, 4.69) is 13.2 Å². The van der Waals surface area contributed by atoms with Gasteiger partial charge in [-0.3, -0.25) is 0 Å². The lowest BCUT2D eigenvalue weighted by molar-refractivity contribution is 0.432. The largest absolute Gasteiger partial charge is 0.241 e. The van der Waals surface area contributed by atoms with Gasteiger partial charge in [-0.05, 0) is 25.0 Å². The van der Waals surface area contributed by atoms with E-state index in [1.54, 1.807) is 0 Å². The smallest absolute Gasteiger partial charge is 0.127 e. The molecule has 2 aliphatic carbocycles. The molecule has 3 heteroatoms. The quantitative estimate of drug-likeness (QED) is 0.486. The van der Waals surface area contributed by atoms with Crippen molar-refractivity contribution >= 4 is 30.8 Å². The molecule has 0 spiro atoms. The number of rotatable bonds is 5. The normalized spacial score (nSPS) is 26.2. The SMILES string of the molecule is C=Cc1nc(C2CCC(BC3CCCCCCCCC3)CC2)sc1C=C. The van der Waals surface area contributed by atoms with Crippen molar-refractivity contribution in [3.05, 3.63) is 28.7 Å². The summed E-state index contributed by atoms with van der Waals surface area (Å²) in [5, 5.41) is 1.33. The van der Waals surface area contributed by atoms with Crippen LogP contribution >= 0.6 is 11.3 Å². The first-order valence-electron chi connectivity index (χ1n) is 11.1. The van der Waals surface area contributed by atoms with E-state index in [-0.39, 0.29) is 0 Å². The van der Waals surface area contributed by atoms with Gasteiger partial charge in [-0.2, -0.15) is 0 Å². The van der Waals surface area contributed by atoms with E-state index in [1.807, 2.05) is 23.5 Å². The fraction of sp³-hybridized carbons (Fsp3) is 0.696. The molecule has 0 saturated heterocycles. The number of thiazole rings is 1. The summed E-state index contributed by atoms with van der Waals surface area (Å²) in [7, 11) is 1.50. The molecular weight excluding hydrogens is 333 g/mol. The van der Waals surface area contributed by atoms with Gasteiger partial charge < -0.3 is 0 Å². The Kier molecular flexibility index (Phi) is 8.04. The molecule has 0 aromatic carbocycles. The van der Waals surface area contributed by atoms with E-state index < -0.39 is 0 Å². The molecule has 2 aliphatic rings. The predicted octanol–water partition coefficient (Wildman–Crippen LogP) is 7.62. The molecule has 0 radical (unpaired) electrons. The molecule has 142 valence electrons. The lowest BCUT2D eigenvalue weighted by atomic mass is 9.48. The Morgan fingerprint density at radius 1 is 0.769 bits per heavy atom. The highest BCUT2D eigenvalue weighted by Crippen LogP contribution is 2.42. The average Bonchev–Trinajstić information content (AvgIpc) is 3.11. The summed E-state index contributed by atoms with van der Waals surface area (Å²) in [5.74, 6) is 2.65. The van der Waals surface area contributed by atoms with Gasteiger partial charge >= 0.3 is 0 Å². The zero-order chi connectivity index (χ0) is 18.2. The second-order valence-corrected chi connectivity index (χ2v) is 9.64. The molecule has 0 atom stereocenters. The first kappa shape index (κ1) is 19.9. The van der Waals surface area contributed by atoms with Crippen LogP contribution in [0.1, 0.15) is 105 Å². The van der Waals surface area contributed by atoms with Crippen molar-refractivity contribution < 1.29 is 0 Å². The monoisotopic (exact) mass is 369 g/mol. The van der Waals surface area contributed by atoms with E-state index in [0.717, 1.165) is 17.3 Å². The van der Waals surface area contributed by atoms with Crippen LogP contribution in [0.15, 0.2) is 13.2 Å². The van der Waals surface area contributed by atoms with Crippen LogP contribution in [-0.2, 0) is 0 Å². The maximum Gasteiger partial charge on any atom is 0.127 e. The summed E-state index contributed by atoms with van der Waals surface area (Å²) in [6, 6.07) is 0. The van der Waals surface area contributed by atoms with Crippen molar-refractivity contribution in [3.63, 3.8) is 0 Å². The molecule has 0 N–H and O–H groups in total. The van der Waals surface area contributed by atoms with Gasteiger partial charge in [0.1, 0.15) is 7.28 Å². The molecular formula is C23H36BNS. The Bertz CT molecular complexity index is 535. The number of nitrogens with zero attached hydrogens (tertiary/aromatic N) is 1. The first-order chi connectivity index (χ1) is 12.8.